The number of ether oxygens (including phenoxy) is 1. The van der Waals surface area contributed by atoms with Gasteiger partial charge in [-0.1, -0.05) is 5.21 Å². The Labute approximate surface area is 128 Å². The quantitative estimate of drug-likeness (QED) is 0.755. The normalized spacial score (nSPS) is 10.7. The first-order valence-corrected chi connectivity index (χ1v) is 7.38. The predicted octanol–water partition coefficient (Wildman–Crippen LogP) is 1.48. The summed E-state index contributed by atoms with van der Waals surface area (Å²) >= 11 is 0. The number of fused-ring (bicyclic) bond motifs is 1. The van der Waals surface area contributed by atoms with Crippen LogP contribution >= 0.6 is 0 Å². The van der Waals surface area contributed by atoms with E-state index >= 15 is 0 Å². The maximum Gasteiger partial charge on any atom is 0.325 e. The minimum absolute atomic E-state index is 0.0527. The molecule has 1 aromatic carbocycles. The lowest BCUT2D eigenvalue weighted by Crippen LogP contribution is -2.36. The summed E-state index contributed by atoms with van der Waals surface area (Å²) in [4.78, 5) is 25.5. The summed E-state index contributed by atoms with van der Waals surface area (Å²) in [6.45, 7) is 6.93. The number of likely N-dealkylation sites (N-methyl/N-ethyl adjacent to an activating group) is 1. The fourth-order valence-electron chi connectivity index (χ4n) is 2.21. The van der Waals surface area contributed by atoms with E-state index in [4.69, 9.17) is 4.74 Å². The van der Waals surface area contributed by atoms with Gasteiger partial charge < -0.3 is 9.64 Å². The standard InChI is InChI=1S/C15H20N4O3/c1-4-18(10-14(20)22-6-3)15(21)11-7-8-13-12(9-11)16-17-19(13)5-2/h7-9H,4-6,10H2,1-3H3. The van der Waals surface area contributed by atoms with Crippen LogP contribution in [-0.2, 0) is 16.1 Å². The number of benzene rings is 1. The number of rotatable bonds is 6. The number of hydrogen-bond acceptors (Lipinski definition) is 5. The molecule has 2 aromatic rings. The molecule has 0 atom stereocenters. The number of carbonyl (C=O) groups excluding carboxylic acids is 2. The molecule has 0 aliphatic carbocycles. The minimum Gasteiger partial charge on any atom is -0.465 e. The summed E-state index contributed by atoms with van der Waals surface area (Å²) in [5.74, 6) is -0.626. The molecular formula is C15H20N4O3. The fraction of sp³-hybridized carbons (Fsp3) is 0.467. The number of aromatic nitrogens is 3. The maximum atomic E-state index is 12.5. The van der Waals surface area contributed by atoms with Crippen molar-refractivity contribution < 1.29 is 14.3 Å². The number of esters is 1. The Morgan fingerprint density at radius 2 is 2.05 bits per heavy atom. The van der Waals surface area contributed by atoms with E-state index in [-0.39, 0.29) is 12.5 Å². The molecule has 0 fully saturated rings. The van der Waals surface area contributed by atoms with Crippen LogP contribution in [0.15, 0.2) is 18.2 Å². The summed E-state index contributed by atoms with van der Waals surface area (Å²) in [7, 11) is 0. The van der Waals surface area contributed by atoms with Gasteiger partial charge in [0.15, 0.2) is 0 Å². The van der Waals surface area contributed by atoms with Crippen LogP contribution in [0.3, 0.4) is 0 Å². The topological polar surface area (TPSA) is 77.3 Å². The van der Waals surface area contributed by atoms with Crippen LogP contribution in [0.4, 0.5) is 0 Å². The van der Waals surface area contributed by atoms with Crippen LogP contribution < -0.4 is 0 Å². The lowest BCUT2D eigenvalue weighted by atomic mass is 10.1. The zero-order chi connectivity index (χ0) is 16.1. The van der Waals surface area contributed by atoms with Gasteiger partial charge in [0.2, 0.25) is 0 Å². The third kappa shape index (κ3) is 3.24. The van der Waals surface area contributed by atoms with Gasteiger partial charge in [0.1, 0.15) is 12.1 Å². The van der Waals surface area contributed by atoms with Crippen LogP contribution in [0, 0.1) is 0 Å². The molecule has 1 amide bonds. The molecule has 1 aromatic heterocycles. The highest BCUT2D eigenvalue weighted by molar-refractivity contribution is 5.98. The summed E-state index contributed by atoms with van der Waals surface area (Å²) < 4.78 is 6.65. The zero-order valence-corrected chi connectivity index (χ0v) is 13.1. The minimum atomic E-state index is -0.407. The monoisotopic (exact) mass is 304 g/mol. The highest BCUT2D eigenvalue weighted by atomic mass is 16.5. The van der Waals surface area contributed by atoms with E-state index in [9.17, 15) is 9.59 Å². The Hall–Kier alpha value is -2.44. The van der Waals surface area contributed by atoms with Crippen molar-refractivity contribution in [2.45, 2.75) is 27.3 Å². The molecule has 118 valence electrons. The van der Waals surface area contributed by atoms with Crippen LogP contribution in [0.5, 0.6) is 0 Å². The molecule has 0 unspecified atom stereocenters. The van der Waals surface area contributed by atoms with Crippen molar-refractivity contribution in [1.82, 2.24) is 19.9 Å². The van der Waals surface area contributed by atoms with Crippen molar-refractivity contribution in [3.05, 3.63) is 23.8 Å². The summed E-state index contributed by atoms with van der Waals surface area (Å²) in [5, 5.41) is 8.08. The zero-order valence-electron chi connectivity index (χ0n) is 13.1. The Bertz CT molecular complexity index is 680. The van der Waals surface area contributed by atoms with Gasteiger partial charge in [0.05, 0.1) is 12.1 Å². The second kappa shape index (κ2) is 7.02. The van der Waals surface area contributed by atoms with Crippen molar-refractivity contribution in [3.8, 4) is 0 Å². The van der Waals surface area contributed by atoms with Gasteiger partial charge >= 0.3 is 5.97 Å². The van der Waals surface area contributed by atoms with Gasteiger partial charge in [-0.25, -0.2) is 4.68 Å². The highest BCUT2D eigenvalue weighted by Crippen LogP contribution is 2.15. The average Bonchev–Trinajstić information content (AvgIpc) is 2.94. The molecule has 22 heavy (non-hydrogen) atoms. The van der Waals surface area contributed by atoms with Crippen molar-refractivity contribution in [2.75, 3.05) is 19.7 Å². The molecule has 0 aliphatic heterocycles. The largest absolute Gasteiger partial charge is 0.465 e. The van der Waals surface area contributed by atoms with Crippen LogP contribution in [0.25, 0.3) is 11.0 Å². The summed E-state index contributed by atoms with van der Waals surface area (Å²) in [6.07, 6.45) is 0. The molecule has 2 rings (SSSR count). The molecule has 0 saturated heterocycles. The third-order valence-corrected chi connectivity index (χ3v) is 3.35. The molecule has 0 saturated carbocycles. The van der Waals surface area contributed by atoms with E-state index in [1.54, 1.807) is 23.7 Å². The molecule has 7 heteroatoms. The van der Waals surface area contributed by atoms with E-state index in [0.29, 0.717) is 30.8 Å². The van der Waals surface area contributed by atoms with Crippen molar-refractivity contribution in [1.29, 1.82) is 0 Å². The predicted molar refractivity (Wildman–Crippen MR) is 81.4 cm³/mol. The SMILES string of the molecule is CCOC(=O)CN(CC)C(=O)c1ccc2c(c1)nnn2CC. The van der Waals surface area contributed by atoms with Crippen LogP contribution in [0.2, 0.25) is 0 Å². The van der Waals surface area contributed by atoms with Gasteiger partial charge in [-0.15, -0.1) is 5.10 Å². The number of nitrogens with zero attached hydrogens (tertiary/aromatic N) is 4. The number of aryl methyl sites for hydroxylation is 1. The molecule has 0 spiro atoms. The second-order valence-corrected chi connectivity index (χ2v) is 4.73. The van der Waals surface area contributed by atoms with Gasteiger partial charge in [-0.05, 0) is 39.0 Å². The van der Waals surface area contributed by atoms with E-state index in [1.165, 1.54) is 4.90 Å². The van der Waals surface area contributed by atoms with Gasteiger partial charge in [-0.3, -0.25) is 9.59 Å². The summed E-state index contributed by atoms with van der Waals surface area (Å²) in [5.41, 5.74) is 2.04. The van der Waals surface area contributed by atoms with Crippen molar-refractivity contribution >= 4 is 22.9 Å². The lowest BCUT2D eigenvalue weighted by molar-refractivity contribution is -0.143. The van der Waals surface area contributed by atoms with Gasteiger partial charge in [0, 0.05) is 18.7 Å². The van der Waals surface area contributed by atoms with Crippen molar-refractivity contribution in [3.63, 3.8) is 0 Å². The maximum absolute atomic E-state index is 12.5. The Balaban J connectivity index is 2.21. The molecule has 0 radical (unpaired) electrons. The first kappa shape index (κ1) is 15.9. The van der Waals surface area contributed by atoms with Gasteiger partial charge in [-0.2, -0.15) is 0 Å². The molecule has 0 aliphatic rings. The van der Waals surface area contributed by atoms with E-state index in [2.05, 4.69) is 10.3 Å². The number of hydrogen-bond donors (Lipinski definition) is 0. The molecule has 0 bridgehead atoms. The lowest BCUT2D eigenvalue weighted by Gasteiger charge is -2.19. The van der Waals surface area contributed by atoms with E-state index < -0.39 is 5.97 Å². The van der Waals surface area contributed by atoms with E-state index in [0.717, 1.165) is 5.52 Å². The van der Waals surface area contributed by atoms with Crippen LogP contribution in [-0.4, -0.2) is 51.5 Å². The first-order valence-electron chi connectivity index (χ1n) is 7.38. The fourth-order valence-corrected chi connectivity index (χ4v) is 2.21. The Kier molecular flexibility index (Phi) is 5.08. The van der Waals surface area contributed by atoms with Crippen molar-refractivity contribution in [2.24, 2.45) is 0 Å². The molecular weight excluding hydrogens is 284 g/mol. The molecule has 0 N–H and O–H groups in total. The number of amides is 1. The second-order valence-electron chi connectivity index (χ2n) is 4.73. The Morgan fingerprint density at radius 3 is 2.68 bits per heavy atom. The first-order chi connectivity index (χ1) is 10.6. The average molecular weight is 304 g/mol. The van der Waals surface area contributed by atoms with E-state index in [1.807, 2.05) is 19.9 Å². The smallest absolute Gasteiger partial charge is 0.325 e. The molecule has 7 nitrogen and oxygen atoms in total. The molecule has 1 heterocycles. The van der Waals surface area contributed by atoms with Gasteiger partial charge in [0.25, 0.3) is 5.91 Å². The highest BCUT2D eigenvalue weighted by Gasteiger charge is 2.19. The number of carbonyl (C=O) groups is 2. The third-order valence-electron chi connectivity index (χ3n) is 3.35. The van der Waals surface area contributed by atoms with Crippen LogP contribution in [0.1, 0.15) is 31.1 Å². The Morgan fingerprint density at radius 1 is 1.27 bits per heavy atom. The summed E-state index contributed by atoms with van der Waals surface area (Å²) in [6, 6.07) is 5.25.